The van der Waals surface area contributed by atoms with E-state index in [1.54, 1.807) is 19.2 Å². The van der Waals surface area contributed by atoms with Crippen molar-refractivity contribution in [3.63, 3.8) is 0 Å². The SMILES string of the molecule is Cn1cnc(S(=O)(=O)Nc2cccc(C#CCO)n2)c1. The molecule has 0 spiro atoms. The summed E-state index contributed by atoms with van der Waals surface area (Å²) >= 11 is 0. The first-order valence-electron chi connectivity index (χ1n) is 5.59. The molecule has 2 N–H and O–H groups in total. The first-order valence-corrected chi connectivity index (χ1v) is 7.07. The van der Waals surface area contributed by atoms with Gasteiger partial charge in [0.1, 0.15) is 18.1 Å². The summed E-state index contributed by atoms with van der Waals surface area (Å²) in [5.41, 5.74) is 0.361. The van der Waals surface area contributed by atoms with Crippen LogP contribution in [0.15, 0.2) is 35.7 Å². The van der Waals surface area contributed by atoms with Crippen LogP contribution in [0.4, 0.5) is 5.82 Å². The smallest absolute Gasteiger partial charge is 0.282 e. The van der Waals surface area contributed by atoms with Gasteiger partial charge in [-0.3, -0.25) is 4.72 Å². The van der Waals surface area contributed by atoms with Gasteiger partial charge in [-0.25, -0.2) is 9.97 Å². The Morgan fingerprint density at radius 3 is 2.90 bits per heavy atom. The lowest BCUT2D eigenvalue weighted by Gasteiger charge is -2.04. The van der Waals surface area contributed by atoms with Crippen molar-refractivity contribution in [2.24, 2.45) is 7.05 Å². The van der Waals surface area contributed by atoms with Crippen molar-refractivity contribution >= 4 is 15.8 Å². The Morgan fingerprint density at radius 2 is 2.25 bits per heavy atom. The molecular formula is C12H12N4O3S. The quantitative estimate of drug-likeness (QED) is 0.774. The fourth-order valence-corrected chi connectivity index (χ4v) is 2.39. The third-order valence-corrected chi connectivity index (χ3v) is 3.48. The van der Waals surface area contributed by atoms with Crippen LogP contribution in [0.2, 0.25) is 0 Å². The molecule has 104 valence electrons. The highest BCUT2D eigenvalue weighted by molar-refractivity contribution is 7.92. The monoisotopic (exact) mass is 292 g/mol. The van der Waals surface area contributed by atoms with Gasteiger partial charge in [-0.15, -0.1) is 0 Å². The van der Waals surface area contributed by atoms with E-state index in [9.17, 15) is 8.42 Å². The third-order valence-electron chi connectivity index (χ3n) is 2.24. The minimum Gasteiger partial charge on any atom is -0.384 e. The predicted molar refractivity (Wildman–Crippen MR) is 72.2 cm³/mol. The van der Waals surface area contributed by atoms with Crippen LogP contribution >= 0.6 is 0 Å². The number of hydrogen-bond acceptors (Lipinski definition) is 5. The number of sulfonamides is 1. The Kier molecular flexibility index (Phi) is 4.02. The highest BCUT2D eigenvalue weighted by Crippen LogP contribution is 2.12. The summed E-state index contributed by atoms with van der Waals surface area (Å²) < 4.78 is 27.9. The van der Waals surface area contributed by atoms with Gasteiger partial charge in [0, 0.05) is 13.2 Å². The van der Waals surface area contributed by atoms with Crippen LogP contribution in [0.5, 0.6) is 0 Å². The molecule has 8 heteroatoms. The van der Waals surface area contributed by atoms with E-state index in [-0.39, 0.29) is 17.5 Å². The Hall–Kier alpha value is -2.37. The molecule has 0 fully saturated rings. The molecule has 0 unspecified atom stereocenters. The maximum Gasteiger partial charge on any atom is 0.282 e. The standard InChI is InChI=1S/C12H12N4O3S/c1-16-8-12(13-9-16)20(18,19)15-11-6-2-4-10(14-11)5-3-7-17/h2,4,6,8-9,17H,7H2,1H3,(H,14,15). The van der Waals surface area contributed by atoms with E-state index in [0.717, 1.165) is 0 Å². The number of aliphatic hydroxyl groups excluding tert-OH is 1. The lowest BCUT2D eigenvalue weighted by Crippen LogP contribution is -2.14. The molecule has 0 bridgehead atoms. The second-order valence-corrected chi connectivity index (χ2v) is 5.48. The van der Waals surface area contributed by atoms with E-state index < -0.39 is 10.0 Å². The van der Waals surface area contributed by atoms with Gasteiger partial charge >= 0.3 is 0 Å². The van der Waals surface area contributed by atoms with Gasteiger partial charge in [0.25, 0.3) is 10.0 Å². The first-order chi connectivity index (χ1) is 9.51. The molecule has 2 aromatic heterocycles. The second kappa shape index (κ2) is 5.73. The fraction of sp³-hybridized carbons (Fsp3) is 0.167. The molecule has 0 saturated heterocycles. The summed E-state index contributed by atoms with van der Waals surface area (Å²) in [5, 5.41) is 8.52. The van der Waals surface area contributed by atoms with Gasteiger partial charge < -0.3 is 9.67 Å². The number of imidazole rings is 1. The third kappa shape index (κ3) is 3.34. The number of aromatic nitrogens is 3. The predicted octanol–water partition coefficient (Wildman–Crippen LogP) is -0.0403. The summed E-state index contributed by atoms with van der Waals surface area (Å²) in [7, 11) is -2.10. The summed E-state index contributed by atoms with van der Waals surface area (Å²) in [6.45, 7) is -0.286. The van der Waals surface area contributed by atoms with E-state index in [1.165, 1.54) is 23.2 Å². The maximum absolute atomic E-state index is 12.0. The van der Waals surface area contributed by atoms with E-state index in [2.05, 4.69) is 26.5 Å². The Morgan fingerprint density at radius 1 is 1.45 bits per heavy atom. The highest BCUT2D eigenvalue weighted by Gasteiger charge is 2.17. The number of anilines is 1. The molecule has 0 atom stereocenters. The van der Waals surface area contributed by atoms with Gasteiger partial charge in [-0.1, -0.05) is 12.0 Å². The van der Waals surface area contributed by atoms with Gasteiger partial charge in [0.05, 0.1) is 6.33 Å². The number of nitrogens with one attached hydrogen (secondary N) is 1. The molecule has 0 aromatic carbocycles. The summed E-state index contributed by atoms with van der Waals surface area (Å²) in [6, 6.07) is 4.73. The molecular weight excluding hydrogens is 280 g/mol. The summed E-state index contributed by atoms with van der Waals surface area (Å²) in [4.78, 5) is 7.80. The number of pyridine rings is 1. The molecule has 0 radical (unpaired) electrons. The Labute approximate surface area is 116 Å². The fourth-order valence-electron chi connectivity index (χ4n) is 1.41. The topological polar surface area (TPSA) is 97.1 Å². The molecule has 2 rings (SSSR count). The van der Waals surface area contributed by atoms with Crippen LogP contribution in [-0.4, -0.2) is 34.7 Å². The first kappa shape index (κ1) is 14.0. The minimum absolute atomic E-state index is 0.0892. The minimum atomic E-state index is -3.77. The number of aliphatic hydroxyl groups is 1. The molecule has 2 heterocycles. The van der Waals surface area contributed by atoms with E-state index in [1.807, 2.05) is 0 Å². The van der Waals surface area contributed by atoms with Crippen molar-refractivity contribution in [2.75, 3.05) is 11.3 Å². The molecule has 0 aliphatic heterocycles. The summed E-state index contributed by atoms with van der Waals surface area (Å²) in [5.74, 6) is 5.18. The number of hydrogen-bond donors (Lipinski definition) is 2. The zero-order valence-electron chi connectivity index (χ0n) is 10.6. The van der Waals surface area contributed by atoms with Crippen molar-refractivity contribution in [3.05, 3.63) is 36.4 Å². The van der Waals surface area contributed by atoms with Crippen LogP contribution < -0.4 is 4.72 Å². The van der Waals surface area contributed by atoms with E-state index in [0.29, 0.717) is 5.69 Å². The van der Waals surface area contributed by atoms with Crippen molar-refractivity contribution < 1.29 is 13.5 Å². The Bertz CT molecular complexity index is 771. The zero-order valence-corrected chi connectivity index (χ0v) is 11.4. The average Bonchev–Trinajstić information content (AvgIpc) is 2.84. The molecule has 0 aliphatic carbocycles. The highest BCUT2D eigenvalue weighted by atomic mass is 32.2. The van der Waals surface area contributed by atoms with Gasteiger partial charge in [-0.2, -0.15) is 8.42 Å². The molecule has 0 saturated carbocycles. The summed E-state index contributed by atoms with van der Waals surface area (Å²) in [6.07, 6.45) is 2.78. The zero-order chi connectivity index (χ0) is 14.6. The molecule has 0 amide bonds. The van der Waals surface area contributed by atoms with E-state index >= 15 is 0 Å². The molecule has 0 aliphatic rings. The normalized spacial score (nSPS) is 10.7. The van der Waals surface area contributed by atoms with E-state index in [4.69, 9.17) is 5.11 Å². The lowest BCUT2D eigenvalue weighted by molar-refractivity contribution is 0.350. The molecule has 2 aromatic rings. The van der Waals surface area contributed by atoms with Crippen molar-refractivity contribution in [1.82, 2.24) is 14.5 Å². The van der Waals surface area contributed by atoms with Crippen LogP contribution in [0, 0.1) is 11.8 Å². The largest absolute Gasteiger partial charge is 0.384 e. The Balaban J connectivity index is 2.25. The maximum atomic E-state index is 12.0. The molecule has 20 heavy (non-hydrogen) atoms. The van der Waals surface area contributed by atoms with Gasteiger partial charge in [0.2, 0.25) is 0 Å². The number of nitrogens with zero attached hydrogens (tertiary/aromatic N) is 3. The van der Waals surface area contributed by atoms with Gasteiger partial charge in [0.15, 0.2) is 5.03 Å². The van der Waals surface area contributed by atoms with Crippen molar-refractivity contribution in [3.8, 4) is 11.8 Å². The second-order valence-electron chi connectivity index (χ2n) is 3.85. The lowest BCUT2D eigenvalue weighted by atomic mass is 10.3. The molecule has 7 nitrogen and oxygen atoms in total. The van der Waals surface area contributed by atoms with Crippen molar-refractivity contribution in [2.45, 2.75) is 5.03 Å². The average molecular weight is 292 g/mol. The van der Waals surface area contributed by atoms with Crippen LogP contribution in [0.1, 0.15) is 5.69 Å². The van der Waals surface area contributed by atoms with Crippen LogP contribution in [0.3, 0.4) is 0 Å². The number of aryl methyl sites for hydroxylation is 1. The van der Waals surface area contributed by atoms with Crippen LogP contribution in [0.25, 0.3) is 0 Å². The van der Waals surface area contributed by atoms with Crippen molar-refractivity contribution in [1.29, 1.82) is 0 Å². The van der Waals surface area contributed by atoms with Gasteiger partial charge in [-0.05, 0) is 18.1 Å². The van der Waals surface area contributed by atoms with Crippen LogP contribution in [-0.2, 0) is 17.1 Å². The number of rotatable bonds is 3.